The molecule has 1 atom stereocenters. The zero-order valence-corrected chi connectivity index (χ0v) is 14.5. The molecule has 1 aliphatic rings. The maximum Gasteiger partial charge on any atom is 0.247 e. The van der Waals surface area contributed by atoms with Crippen LogP contribution in [0.3, 0.4) is 0 Å². The average Bonchev–Trinajstić information content (AvgIpc) is 3.08. The fraction of sp³-hybridized carbons (Fsp3) is 0.526. The molecule has 1 saturated heterocycles. The zero-order chi connectivity index (χ0) is 16.9. The lowest BCUT2D eigenvalue weighted by Crippen LogP contribution is -2.43. The summed E-state index contributed by atoms with van der Waals surface area (Å²) in [6.07, 6.45) is 5.44. The molecule has 0 bridgehead atoms. The number of carbonyl (C=O) groups is 1. The van der Waals surface area contributed by atoms with Gasteiger partial charge in [-0.05, 0) is 44.2 Å². The Morgan fingerprint density at radius 2 is 2.12 bits per heavy atom. The van der Waals surface area contributed by atoms with E-state index < -0.39 is 0 Å². The van der Waals surface area contributed by atoms with E-state index in [0.717, 1.165) is 36.9 Å². The molecule has 0 N–H and O–H groups in total. The van der Waals surface area contributed by atoms with Crippen LogP contribution in [0.1, 0.15) is 50.5 Å². The van der Waals surface area contributed by atoms with Crippen molar-refractivity contribution < 1.29 is 9.21 Å². The number of hydrogen-bond donors (Lipinski definition) is 0. The molecule has 0 aliphatic carbocycles. The smallest absolute Gasteiger partial charge is 0.247 e. The number of nitrogens with zero attached hydrogens (tertiary/aromatic N) is 3. The van der Waals surface area contributed by atoms with Crippen molar-refractivity contribution in [1.29, 1.82) is 0 Å². The molecule has 3 rings (SSSR count). The zero-order valence-electron chi connectivity index (χ0n) is 14.5. The van der Waals surface area contributed by atoms with Crippen LogP contribution >= 0.6 is 0 Å². The highest BCUT2D eigenvalue weighted by Gasteiger charge is 2.25. The molecule has 1 amide bonds. The van der Waals surface area contributed by atoms with E-state index in [-0.39, 0.29) is 5.91 Å². The molecule has 24 heavy (non-hydrogen) atoms. The topological polar surface area (TPSA) is 59.2 Å². The average molecular weight is 327 g/mol. The van der Waals surface area contributed by atoms with Gasteiger partial charge in [-0.25, -0.2) is 0 Å². The first-order valence-corrected chi connectivity index (χ1v) is 8.87. The molecule has 2 heterocycles. The molecule has 5 nitrogen and oxygen atoms in total. The van der Waals surface area contributed by atoms with E-state index in [0.29, 0.717) is 30.7 Å². The third kappa shape index (κ3) is 3.66. The summed E-state index contributed by atoms with van der Waals surface area (Å²) < 4.78 is 5.75. The Balaban J connectivity index is 1.61. The van der Waals surface area contributed by atoms with Crippen LogP contribution in [-0.2, 0) is 11.2 Å². The Morgan fingerprint density at radius 3 is 2.92 bits per heavy atom. The Labute approximate surface area is 143 Å². The lowest BCUT2D eigenvalue weighted by Gasteiger charge is -2.35. The van der Waals surface area contributed by atoms with Gasteiger partial charge in [0.2, 0.25) is 17.7 Å². The lowest BCUT2D eigenvalue weighted by molar-refractivity contribution is -0.135. The minimum Gasteiger partial charge on any atom is -0.421 e. The minimum absolute atomic E-state index is 0.206. The van der Waals surface area contributed by atoms with Crippen molar-refractivity contribution in [3.8, 4) is 11.5 Å². The first kappa shape index (κ1) is 16.7. The summed E-state index contributed by atoms with van der Waals surface area (Å²) in [4.78, 5) is 14.6. The largest absolute Gasteiger partial charge is 0.421 e. The van der Waals surface area contributed by atoms with Crippen LogP contribution < -0.4 is 0 Å². The Hall–Kier alpha value is -2.17. The normalized spacial score (nSPS) is 17.9. The van der Waals surface area contributed by atoms with Gasteiger partial charge in [-0.15, -0.1) is 10.2 Å². The van der Waals surface area contributed by atoms with Crippen molar-refractivity contribution in [2.45, 2.75) is 58.4 Å². The van der Waals surface area contributed by atoms with Crippen LogP contribution in [0.2, 0.25) is 0 Å². The van der Waals surface area contributed by atoms with Crippen molar-refractivity contribution in [2.24, 2.45) is 0 Å². The summed E-state index contributed by atoms with van der Waals surface area (Å²) in [5.74, 6) is 1.27. The van der Waals surface area contributed by atoms with Crippen LogP contribution in [0.4, 0.5) is 0 Å². The summed E-state index contributed by atoms with van der Waals surface area (Å²) >= 11 is 0. The van der Waals surface area contributed by atoms with Gasteiger partial charge in [0.15, 0.2) is 0 Å². The summed E-state index contributed by atoms with van der Waals surface area (Å²) in [7, 11) is 0. The van der Waals surface area contributed by atoms with Crippen LogP contribution in [0.15, 0.2) is 28.7 Å². The van der Waals surface area contributed by atoms with Crippen LogP contribution in [0, 0.1) is 6.92 Å². The predicted octanol–water partition coefficient (Wildman–Crippen LogP) is 3.77. The lowest BCUT2D eigenvalue weighted by atomic mass is 9.99. The second-order valence-corrected chi connectivity index (χ2v) is 6.46. The highest BCUT2D eigenvalue weighted by Crippen LogP contribution is 2.23. The van der Waals surface area contributed by atoms with E-state index >= 15 is 0 Å². The standard InChI is InChI=1S/C19H25N3O2/c1-3-15-9-6-7-13-22(15)18(23)12-11-17-20-21-19(24-17)16-10-5-4-8-14(16)2/h4-5,8,10,15H,3,6-7,9,11-13H2,1-2H3. The van der Waals surface area contributed by atoms with Gasteiger partial charge in [0.05, 0.1) is 0 Å². The second-order valence-electron chi connectivity index (χ2n) is 6.46. The van der Waals surface area contributed by atoms with Gasteiger partial charge >= 0.3 is 0 Å². The van der Waals surface area contributed by atoms with Gasteiger partial charge in [0.1, 0.15) is 0 Å². The summed E-state index contributed by atoms with van der Waals surface area (Å²) in [5, 5.41) is 8.23. The third-order valence-corrected chi connectivity index (χ3v) is 4.81. The minimum atomic E-state index is 0.206. The first-order chi connectivity index (χ1) is 11.7. The van der Waals surface area contributed by atoms with E-state index in [1.165, 1.54) is 6.42 Å². The van der Waals surface area contributed by atoms with Gasteiger partial charge in [-0.3, -0.25) is 4.79 Å². The number of aromatic nitrogens is 2. The van der Waals surface area contributed by atoms with E-state index in [9.17, 15) is 4.79 Å². The fourth-order valence-electron chi connectivity index (χ4n) is 3.39. The second kappa shape index (κ2) is 7.60. The quantitative estimate of drug-likeness (QED) is 0.839. The number of piperidine rings is 1. The van der Waals surface area contributed by atoms with Crippen molar-refractivity contribution in [3.05, 3.63) is 35.7 Å². The number of carbonyl (C=O) groups excluding carboxylic acids is 1. The van der Waals surface area contributed by atoms with Crippen molar-refractivity contribution in [2.75, 3.05) is 6.54 Å². The molecule has 1 aromatic heterocycles. The maximum atomic E-state index is 12.5. The van der Waals surface area contributed by atoms with Crippen molar-refractivity contribution in [3.63, 3.8) is 0 Å². The van der Waals surface area contributed by atoms with Gasteiger partial charge < -0.3 is 9.32 Å². The summed E-state index contributed by atoms with van der Waals surface area (Å²) in [5.41, 5.74) is 2.05. The monoisotopic (exact) mass is 327 g/mol. The third-order valence-electron chi connectivity index (χ3n) is 4.81. The van der Waals surface area contributed by atoms with E-state index in [1.54, 1.807) is 0 Å². The van der Waals surface area contributed by atoms with Crippen LogP contribution in [0.5, 0.6) is 0 Å². The van der Waals surface area contributed by atoms with E-state index in [2.05, 4.69) is 17.1 Å². The van der Waals surface area contributed by atoms with E-state index in [4.69, 9.17) is 4.42 Å². The molecule has 1 aliphatic heterocycles. The van der Waals surface area contributed by atoms with Crippen molar-refractivity contribution >= 4 is 5.91 Å². The highest BCUT2D eigenvalue weighted by atomic mass is 16.4. The molecular weight excluding hydrogens is 302 g/mol. The van der Waals surface area contributed by atoms with Crippen LogP contribution in [-0.4, -0.2) is 33.6 Å². The molecule has 1 aromatic carbocycles. The summed E-state index contributed by atoms with van der Waals surface area (Å²) in [6, 6.07) is 8.33. The molecule has 0 spiro atoms. The van der Waals surface area contributed by atoms with Crippen molar-refractivity contribution in [1.82, 2.24) is 15.1 Å². The Bertz CT molecular complexity index is 695. The Kier molecular flexibility index (Phi) is 5.28. The number of benzene rings is 1. The molecule has 2 aromatic rings. The molecule has 1 unspecified atom stereocenters. The predicted molar refractivity (Wildman–Crippen MR) is 92.4 cm³/mol. The highest BCUT2D eigenvalue weighted by molar-refractivity contribution is 5.76. The van der Waals surface area contributed by atoms with Crippen LogP contribution in [0.25, 0.3) is 11.5 Å². The van der Waals surface area contributed by atoms with E-state index in [1.807, 2.05) is 36.1 Å². The molecule has 5 heteroatoms. The number of aryl methyl sites for hydroxylation is 2. The first-order valence-electron chi connectivity index (χ1n) is 8.87. The molecule has 0 saturated carbocycles. The van der Waals surface area contributed by atoms with Gasteiger partial charge in [0.25, 0.3) is 0 Å². The molecule has 128 valence electrons. The maximum absolute atomic E-state index is 12.5. The number of hydrogen-bond acceptors (Lipinski definition) is 4. The molecular formula is C19H25N3O2. The van der Waals surface area contributed by atoms with Gasteiger partial charge in [0, 0.05) is 31.0 Å². The summed E-state index contributed by atoms with van der Waals surface area (Å²) in [6.45, 7) is 5.06. The number of rotatable bonds is 5. The van der Waals surface area contributed by atoms with Gasteiger partial charge in [-0.2, -0.15) is 0 Å². The fourth-order valence-corrected chi connectivity index (χ4v) is 3.39. The Morgan fingerprint density at radius 1 is 1.29 bits per heavy atom. The molecule has 1 fully saturated rings. The number of amides is 1. The van der Waals surface area contributed by atoms with Gasteiger partial charge in [-0.1, -0.05) is 25.1 Å². The number of likely N-dealkylation sites (tertiary alicyclic amines) is 1. The molecule has 0 radical (unpaired) electrons. The SMILES string of the molecule is CCC1CCCCN1C(=O)CCc1nnc(-c2ccccc2C)o1.